The SMILES string of the molecule is COC1(CC(Cc2ccc(Cl)c(Cl)c2)NN)CCC1. The van der Waals surface area contributed by atoms with Gasteiger partial charge in [-0.2, -0.15) is 0 Å². The summed E-state index contributed by atoms with van der Waals surface area (Å²) >= 11 is 12.0. The lowest BCUT2D eigenvalue weighted by molar-refractivity contribution is -0.0834. The maximum Gasteiger partial charge on any atom is 0.0694 e. The highest BCUT2D eigenvalue weighted by molar-refractivity contribution is 6.42. The Labute approximate surface area is 124 Å². The molecule has 106 valence electrons. The first kappa shape index (κ1) is 15.1. The quantitative estimate of drug-likeness (QED) is 0.626. The van der Waals surface area contributed by atoms with E-state index in [9.17, 15) is 0 Å². The van der Waals surface area contributed by atoms with Gasteiger partial charge in [0.15, 0.2) is 0 Å². The molecule has 1 fully saturated rings. The second kappa shape index (κ2) is 6.42. The summed E-state index contributed by atoms with van der Waals surface area (Å²) in [6.45, 7) is 0. The van der Waals surface area contributed by atoms with Crippen molar-refractivity contribution in [3.8, 4) is 0 Å². The van der Waals surface area contributed by atoms with Gasteiger partial charge in [-0.15, -0.1) is 0 Å². The molecule has 1 saturated carbocycles. The van der Waals surface area contributed by atoms with Gasteiger partial charge in [0.1, 0.15) is 0 Å². The number of nitrogens with two attached hydrogens (primary N) is 1. The molecule has 3 N–H and O–H groups in total. The van der Waals surface area contributed by atoms with Crippen LogP contribution in [0.2, 0.25) is 10.0 Å². The van der Waals surface area contributed by atoms with Crippen molar-refractivity contribution in [1.82, 2.24) is 5.43 Å². The fraction of sp³-hybridized carbons (Fsp3) is 0.571. The van der Waals surface area contributed by atoms with Gasteiger partial charge in [0.05, 0.1) is 15.6 Å². The molecule has 0 aromatic heterocycles. The van der Waals surface area contributed by atoms with Gasteiger partial charge in [-0.25, -0.2) is 0 Å². The number of hydrogen-bond donors (Lipinski definition) is 2. The van der Waals surface area contributed by atoms with E-state index in [1.165, 1.54) is 6.42 Å². The first-order valence-corrected chi connectivity index (χ1v) is 7.29. The van der Waals surface area contributed by atoms with Crippen molar-refractivity contribution in [2.24, 2.45) is 5.84 Å². The Morgan fingerprint density at radius 1 is 1.37 bits per heavy atom. The number of methoxy groups -OCH3 is 1. The third-order valence-corrected chi connectivity index (χ3v) is 4.76. The minimum Gasteiger partial charge on any atom is -0.378 e. The number of hydrazine groups is 1. The van der Waals surface area contributed by atoms with Crippen LogP contribution in [-0.4, -0.2) is 18.8 Å². The summed E-state index contributed by atoms with van der Waals surface area (Å²) in [6, 6.07) is 5.88. The van der Waals surface area contributed by atoms with E-state index < -0.39 is 0 Å². The van der Waals surface area contributed by atoms with E-state index in [-0.39, 0.29) is 11.6 Å². The maximum atomic E-state index is 6.03. The molecule has 1 aromatic rings. The second-order valence-corrected chi connectivity index (χ2v) is 6.08. The molecule has 5 heteroatoms. The first-order chi connectivity index (χ1) is 9.08. The predicted molar refractivity (Wildman–Crippen MR) is 79.5 cm³/mol. The molecule has 1 unspecified atom stereocenters. The number of halogens is 2. The minimum absolute atomic E-state index is 0.00720. The zero-order valence-corrected chi connectivity index (χ0v) is 12.6. The monoisotopic (exact) mass is 302 g/mol. The number of benzene rings is 1. The van der Waals surface area contributed by atoms with Gasteiger partial charge in [0.2, 0.25) is 0 Å². The van der Waals surface area contributed by atoms with Crippen molar-refractivity contribution in [3.63, 3.8) is 0 Å². The third-order valence-electron chi connectivity index (χ3n) is 4.02. The lowest BCUT2D eigenvalue weighted by Crippen LogP contribution is -2.48. The van der Waals surface area contributed by atoms with Gasteiger partial charge in [0, 0.05) is 13.2 Å². The number of ether oxygens (including phenoxy) is 1. The Bertz CT molecular complexity index is 430. The molecule has 1 aromatic carbocycles. The van der Waals surface area contributed by atoms with Crippen molar-refractivity contribution < 1.29 is 4.74 Å². The molecule has 0 heterocycles. The Balaban J connectivity index is 2.00. The molecule has 1 aliphatic carbocycles. The van der Waals surface area contributed by atoms with E-state index in [0.29, 0.717) is 10.0 Å². The van der Waals surface area contributed by atoms with Crippen LogP contribution in [0.25, 0.3) is 0 Å². The van der Waals surface area contributed by atoms with Gasteiger partial charge in [0.25, 0.3) is 0 Å². The topological polar surface area (TPSA) is 47.3 Å². The van der Waals surface area contributed by atoms with E-state index >= 15 is 0 Å². The lowest BCUT2D eigenvalue weighted by Gasteiger charge is -2.42. The van der Waals surface area contributed by atoms with Crippen molar-refractivity contribution in [2.45, 2.75) is 43.7 Å². The fourth-order valence-electron chi connectivity index (χ4n) is 2.65. The normalized spacial score (nSPS) is 18.9. The molecule has 0 bridgehead atoms. The molecule has 0 aliphatic heterocycles. The van der Waals surface area contributed by atoms with Gasteiger partial charge in [-0.3, -0.25) is 11.3 Å². The summed E-state index contributed by atoms with van der Waals surface area (Å²) in [5, 5.41) is 1.16. The van der Waals surface area contributed by atoms with Crippen molar-refractivity contribution in [2.75, 3.05) is 7.11 Å². The highest BCUT2D eigenvalue weighted by Gasteiger charge is 2.38. The van der Waals surface area contributed by atoms with Crippen LogP contribution in [-0.2, 0) is 11.2 Å². The van der Waals surface area contributed by atoms with E-state index in [1.807, 2.05) is 18.2 Å². The van der Waals surface area contributed by atoms with Crippen LogP contribution in [0.5, 0.6) is 0 Å². The van der Waals surface area contributed by atoms with Gasteiger partial charge >= 0.3 is 0 Å². The van der Waals surface area contributed by atoms with Crippen molar-refractivity contribution in [3.05, 3.63) is 33.8 Å². The summed E-state index contributed by atoms with van der Waals surface area (Å²) in [6.07, 6.45) is 5.20. The smallest absolute Gasteiger partial charge is 0.0694 e. The van der Waals surface area contributed by atoms with Crippen LogP contribution in [0.4, 0.5) is 0 Å². The Hall–Kier alpha value is -0.320. The molecule has 0 amide bonds. The largest absolute Gasteiger partial charge is 0.378 e. The lowest BCUT2D eigenvalue weighted by atomic mass is 9.75. The van der Waals surface area contributed by atoms with Crippen LogP contribution >= 0.6 is 23.2 Å². The number of nitrogens with one attached hydrogen (secondary N) is 1. The minimum atomic E-state index is 0.00720. The van der Waals surface area contributed by atoms with E-state index in [4.69, 9.17) is 33.8 Å². The van der Waals surface area contributed by atoms with Crippen LogP contribution in [0.1, 0.15) is 31.2 Å². The van der Waals surface area contributed by atoms with Crippen LogP contribution in [0.3, 0.4) is 0 Å². The first-order valence-electron chi connectivity index (χ1n) is 6.54. The Morgan fingerprint density at radius 2 is 2.11 bits per heavy atom. The third kappa shape index (κ3) is 3.61. The van der Waals surface area contributed by atoms with E-state index in [2.05, 4.69) is 5.43 Å². The molecule has 0 saturated heterocycles. The molecular weight excluding hydrogens is 283 g/mol. The fourth-order valence-corrected chi connectivity index (χ4v) is 2.97. The number of rotatable bonds is 6. The van der Waals surface area contributed by atoms with Crippen molar-refractivity contribution in [1.29, 1.82) is 0 Å². The Kier molecular flexibility index (Phi) is 5.09. The van der Waals surface area contributed by atoms with Crippen molar-refractivity contribution >= 4 is 23.2 Å². The zero-order chi connectivity index (χ0) is 13.9. The summed E-state index contributed by atoms with van der Waals surface area (Å²) in [5.74, 6) is 5.66. The van der Waals surface area contributed by atoms with Gasteiger partial charge in [-0.05, 0) is 49.8 Å². The Morgan fingerprint density at radius 3 is 2.58 bits per heavy atom. The summed E-state index contributed by atoms with van der Waals surface area (Å²) < 4.78 is 5.64. The van der Waals surface area contributed by atoms with Gasteiger partial charge < -0.3 is 4.74 Å². The van der Waals surface area contributed by atoms with E-state index in [0.717, 1.165) is 31.2 Å². The summed E-state index contributed by atoms with van der Waals surface area (Å²) in [5.41, 5.74) is 4.02. The van der Waals surface area contributed by atoms with Crippen LogP contribution < -0.4 is 11.3 Å². The molecule has 0 radical (unpaired) electrons. The standard InChI is InChI=1S/C14H20Cl2N2O/c1-19-14(5-2-6-14)9-11(18-17)7-10-3-4-12(15)13(16)8-10/h3-4,8,11,18H,2,5-7,9,17H2,1H3. The molecule has 19 heavy (non-hydrogen) atoms. The van der Waals surface area contributed by atoms with E-state index in [1.54, 1.807) is 7.11 Å². The molecule has 2 rings (SSSR count). The summed E-state index contributed by atoms with van der Waals surface area (Å²) in [4.78, 5) is 0. The number of hydrogen-bond acceptors (Lipinski definition) is 3. The van der Waals surface area contributed by atoms with Crippen LogP contribution in [0, 0.1) is 0 Å². The van der Waals surface area contributed by atoms with Gasteiger partial charge in [-0.1, -0.05) is 29.3 Å². The molecular formula is C14H20Cl2N2O. The highest BCUT2D eigenvalue weighted by Crippen LogP contribution is 2.39. The highest BCUT2D eigenvalue weighted by atomic mass is 35.5. The maximum absolute atomic E-state index is 6.03. The average molecular weight is 303 g/mol. The molecule has 3 nitrogen and oxygen atoms in total. The average Bonchev–Trinajstić information content (AvgIpc) is 2.36. The molecule has 1 aliphatic rings. The predicted octanol–water partition coefficient (Wildman–Crippen LogP) is 3.33. The molecule has 1 atom stereocenters. The molecule has 0 spiro atoms. The van der Waals surface area contributed by atoms with Crippen LogP contribution in [0.15, 0.2) is 18.2 Å². The zero-order valence-electron chi connectivity index (χ0n) is 11.1. The second-order valence-electron chi connectivity index (χ2n) is 5.26. The summed E-state index contributed by atoms with van der Waals surface area (Å²) in [7, 11) is 1.78.